The van der Waals surface area contributed by atoms with Gasteiger partial charge in [0.05, 0.1) is 6.10 Å². The van der Waals surface area contributed by atoms with Crippen LogP contribution >= 0.6 is 0 Å². The van der Waals surface area contributed by atoms with Gasteiger partial charge < -0.3 is 5.11 Å². The standard InChI is InChI=1S/C13H18O/c1-2-5-11-9-8-10-6-3-4-7-12(10)13(11)14/h3-4,6-7,11,13-14H,2,5,8-9H2,1H3. The third-order valence-corrected chi connectivity index (χ3v) is 3.26. The van der Waals surface area contributed by atoms with E-state index in [1.165, 1.54) is 12.0 Å². The lowest BCUT2D eigenvalue weighted by Gasteiger charge is -2.29. The maximum atomic E-state index is 10.2. The van der Waals surface area contributed by atoms with Gasteiger partial charge in [0.1, 0.15) is 0 Å². The minimum atomic E-state index is -0.222. The smallest absolute Gasteiger partial charge is 0.0820 e. The molecule has 0 amide bonds. The van der Waals surface area contributed by atoms with Crippen LogP contribution in [0.2, 0.25) is 0 Å². The Bertz CT molecular complexity index is 306. The summed E-state index contributed by atoms with van der Waals surface area (Å²) in [5.74, 6) is 0.481. The second-order valence-corrected chi connectivity index (χ2v) is 4.23. The van der Waals surface area contributed by atoms with Gasteiger partial charge in [0, 0.05) is 0 Å². The number of hydrogen-bond acceptors (Lipinski definition) is 1. The van der Waals surface area contributed by atoms with E-state index in [9.17, 15) is 5.11 Å². The van der Waals surface area contributed by atoms with Crippen molar-refractivity contribution in [1.82, 2.24) is 0 Å². The lowest BCUT2D eigenvalue weighted by atomic mass is 9.79. The Morgan fingerprint density at radius 1 is 1.36 bits per heavy atom. The van der Waals surface area contributed by atoms with Gasteiger partial charge in [-0.2, -0.15) is 0 Å². The summed E-state index contributed by atoms with van der Waals surface area (Å²) >= 11 is 0. The van der Waals surface area contributed by atoms with Gasteiger partial charge in [-0.15, -0.1) is 0 Å². The predicted molar refractivity (Wildman–Crippen MR) is 58.1 cm³/mol. The van der Waals surface area contributed by atoms with E-state index in [4.69, 9.17) is 0 Å². The van der Waals surface area contributed by atoms with Crippen molar-refractivity contribution in [3.8, 4) is 0 Å². The number of benzene rings is 1. The lowest BCUT2D eigenvalue weighted by molar-refractivity contribution is 0.0881. The van der Waals surface area contributed by atoms with Crippen LogP contribution in [0.5, 0.6) is 0 Å². The van der Waals surface area contributed by atoms with Crippen molar-refractivity contribution in [3.05, 3.63) is 35.4 Å². The van der Waals surface area contributed by atoms with Crippen LogP contribution in [-0.4, -0.2) is 5.11 Å². The number of aliphatic hydroxyl groups excluding tert-OH is 1. The fraction of sp³-hybridized carbons (Fsp3) is 0.538. The summed E-state index contributed by atoms with van der Waals surface area (Å²) in [5, 5.41) is 10.2. The van der Waals surface area contributed by atoms with Crippen molar-refractivity contribution in [2.24, 2.45) is 5.92 Å². The van der Waals surface area contributed by atoms with Crippen LogP contribution in [0.15, 0.2) is 24.3 Å². The van der Waals surface area contributed by atoms with Gasteiger partial charge >= 0.3 is 0 Å². The molecule has 0 saturated heterocycles. The number of aryl methyl sites for hydroxylation is 1. The summed E-state index contributed by atoms with van der Waals surface area (Å²) in [6.45, 7) is 2.19. The van der Waals surface area contributed by atoms with Gasteiger partial charge in [0.25, 0.3) is 0 Å². The molecule has 0 fully saturated rings. The topological polar surface area (TPSA) is 20.2 Å². The first-order valence-electron chi connectivity index (χ1n) is 5.58. The van der Waals surface area contributed by atoms with Crippen molar-refractivity contribution in [3.63, 3.8) is 0 Å². The van der Waals surface area contributed by atoms with Crippen LogP contribution in [-0.2, 0) is 6.42 Å². The average molecular weight is 190 g/mol. The summed E-state index contributed by atoms with van der Waals surface area (Å²) in [6.07, 6.45) is 4.38. The molecule has 0 bridgehead atoms. The largest absolute Gasteiger partial charge is 0.388 e. The highest BCUT2D eigenvalue weighted by Crippen LogP contribution is 2.36. The molecule has 0 heterocycles. The monoisotopic (exact) mass is 190 g/mol. The number of rotatable bonds is 2. The van der Waals surface area contributed by atoms with E-state index in [1.807, 2.05) is 6.07 Å². The quantitative estimate of drug-likeness (QED) is 0.759. The van der Waals surface area contributed by atoms with Crippen LogP contribution in [0.4, 0.5) is 0 Å². The predicted octanol–water partition coefficient (Wildman–Crippen LogP) is 3.08. The van der Waals surface area contributed by atoms with Gasteiger partial charge in [0.15, 0.2) is 0 Å². The molecule has 0 aromatic heterocycles. The number of aliphatic hydroxyl groups is 1. The zero-order valence-corrected chi connectivity index (χ0v) is 8.74. The van der Waals surface area contributed by atoms with E-state index in [0.717, 1.165) is 24.8 Å². The normalized spacial score (nSPS) is 25.9. The molecule has 1 aromatic carbocycles. The van der Waals surface area contributed by atoms with Gasteiger partial charge in [-0.1, -0.05) is 37.6 Å². The zero-order chi connectivity index (χ0) is 9.97. The molecule has 14 heavy (non-hydrogen) atoms. The van der Waals surface area contributed by atoms with Gasteiger partial charge in [-0.25, -0.2) is 0 Å². The van der Waals surface area contributed by atoms with E-state index >= 15 is 0 Å². The Hall–Kier alpha value is -0.820. The Morgan fingerprint density at radius 2 is 2.14 bits per heavy atom. The highest BCUT2D eigenvalue weighted by Gasteiger charge is 2.26. The second-order valence-electron chi connectivity index (χ2n) is 4.23. The van der Waals surface area contributed by atoms with Crippen molar-refractivity contribution in [2.45, 2.75) is 38.7 Å². The molecule has 0 aliphatic heterocycles. The molecule has 1 aromatic rings. The van der Waals surface area contributed by atoms with Crippen molar-refractivity contribution >= 4 is 0 Å². The molecule has 1 aliphatic rings. The number of hydrogen-bond donors (Lipinski definition) is 1. The Labute approximate surface area is 85.8 Å². The molecule has 1 N–H and O–H groups in total. The maximum Gasteiger partial charge on any atom is 0.0820 e. The Kier molecular flexibility index (Phi) is 2.87. The Morgan fingerprint density at radius 3 is 2.93 bits per heavy atom. The van der Waals surface area contributed by atoms with E-state index < -0.39 is 0 Å². The molecule has 1 aliphatic carbocycles. The molecule has 0 saturated carbocycles. The van der Waals surface area contributed by atoms with Crippen LogP contribution in [0.25, 0.3) is 0 Å². The minimum Gasteiger partial charge on any atom is -0.388 e. The maximum absolute atomic E-state index is 10.2. The van der Waals surface area contributed by atoms with Crippen LogP contribution in [0.3, 0.4) is 0 Å². The first-order chi connectivity index (χ1) is 6.83. The van der Waals surface area contributed by atoms with Crippen molar-refractivity contribution in [1.29, 1.82) is 0 Å². The number of fused-ring (bicyclic) bond motifs is 1. The summed E-state index contributed by atoms with van der Waals surface area (Å²) in [6, 6.07) is 8.30. The van der Waals surface area contributed by atoms with E-state index in [1.54, 1.807) is 0 Å². The molecule has 0 spiro atoms. The molecule has 1 nitrogen and oxygen atoms in total. The summed E-state index contributed by atoms with van der Waals surface area (Å²) in [7, 11) is 0. The molecular weight excluding hydrogens is 172 g/mol. The minimum absolute atomic E-state index is 0.222. The van der Waals surface area contributed by atoms with Crippen molar-refractivity contribution in [2.75, 3.05) is 0 Å². The van der Waals surface area contributed by atoms with Gasteiger partial charge in [-0.3, -0.25) is 0 Å². The first kappa shape index (κ1) is 9.72. The SMILES string of the molecule is CCCC1CCc2ccccc2C1O. The van der Waals surface area contributed by atoms with Crippen LogP contribution in [0.1, 0.15) is 43.4 Å². The van der Waals surface area contributed by atoms with E-state index in [2.05, 4.69) is 25.1 Å². The molecular formula is C13H18O. The lowest BCUT2D eigenvalue weighted by Crippen LogP contribution is -2.20. The van der Waals surface area contributed by atoms with Crippen LogP contribution < -0.4 is 0 Å². The third kappa shape index (κ3) is 1.69. The highest BCUT2D eigenvalue weighted by atomic mass is 16.3. The third-order valence-electron chi connectivity index (χ3n) is 3.26. The fourth-order valence-electron chi connectivity index (χ4n) is 2.48. The van der Waals surface area contributed by atoms with E-state index in [-0.39, 0.29) is 6.10 Å². The van der Waals surface area contributed by atoms with Crippen molar-refractivity contribution < 1.29 is 5.11 Å². The zero-order valence-electron chi connectivity index (χ0n) is 8.74. The van der Waals surface area contributed by atoms with Gasteiger partial charge in [-0.05, 0) is 36.3 Å². The Balaban J connectivity index is 2.22. The summed E-state index contributed by atoms with van der Waals surface area (Å²) < 4.78 is 0. The molecule has 2 unspecified atom stereocenters. The fourth-order valence-corrected chi connectivity index (χ4v) is 2.48. The summed E-state index contributed by atoms with van der Waals surface area (Å²) in [4.78, 5) is 0. The first-order valence-corrected chi connectivity index (χ1v) is 5.58. The molecule has 2 atom stereocenters. The van der Waals surface area contributed by atoms with Gasteiger partial charge in [0.2, 0.25) is 0 Å². The summed E-state index contributed by atoms with van der Waals surface area (Å²) in [5.41, 5.74) is 2.50. The van der Waals surface area contributed by atoms with E-state index in [0.29, 0.717) is 5.92 Å². The average Bonchev–Trinajstić information content (AvgIpc) is 2.23. The molecule has 0 radical (unpaired) electrons. The molecule has 1 heteroatoms. The highest BCUT2D eigenvalue weighted by molar-refractivity contribution is 5.31. The van der Waals surface area contributed by atoms with Crippen LogP contribution in [0, 0.1) is 5.92 Å². The molecule has 2 rings (SSSR count). The molecule has 76 valence electrons. The second kappa shape index (κ2) is 4.14.